The van der Waals surface area contributed by atoms with Crippen LogP contribution >= 0.6 is 0 Å². The first-order valence-electron chi connectivity index (χ1n) is 9.32. The van der Waals surface area contributed by atoms with Crippen molar-refractivity contribution in [2.45, 2.75) is 6.18 Å². The molecule has 0 aliphatic rings. The third-order valence-corrected chi connectivity index (χ3v) is 4.61. The summed E-state index contributed by atoms with van der Waals surface area (Å²) in [5.74, 6) is 0.290. The molecule has 32 heavy (non-hydrogen) atoms. The van der Waals surface area contributed by atoms with E-state index in [2.05, 4.69) is 20.3 Å². The maximum atomic E-state index is 13.4. The van der Waals surface area contributed by atoms with E-state index in [1.807, 2.05) is 0 Å². The van der Waals surface area contributed by atoms with Gasteiger partial charge in [0.2, 0.25) is 11.5 Å². The Morgan fingerprint density at radius 1 is 1.12 bits per heavy atom. The van der Waals surface area contributed by atoms with Gasteiger partial charge in [0.15, 0.2) is 5.65 Å². The number of aromatic nitrogens is 4. The monoisotopic (exact) mass is 443 g/mol. The van der Waals surface area contributed by atoms with E-state index in [1.54, 1.807) is 24.3 Å². The van der Waals surface area contributed by atoms with Gasteiger partial charge >= 0.3 is 6.18 Å². The first kappa shape index (κ1) is 21.1. The van der Waals surface area contributed by atoms with Crippen molar-refractivity contribution in [2.24, 2.45) is 0 Å². The van der Waals surface area contributed by atoms with Gasteiger partial charge in [-0.1, -0.05) is 0 Å². The molecular weight excluding hydrogens is 427 g/mol. The predicted octanol–water partition coefficient (Wildman–Crippen LogP) is 3.12. The minimum Gasteiger partial charge on any atom is -0.497 e. The average Bonchev–Trinajstić information content (AvgIpc) is 2.77. The van der Waals surface area contributed by atoms with E-state index in [1.165, 1.54) is 42.3 Å². The number of methoxy groups -OCH3 is 1. The van der Waals surface area contributed by atoms with Crippen LogP contribution in [-0.4, -0.2) is 39.3 Å². The maximum Gasteiger partial charge on any atom is 0.405 e. The van der Waals surface area contributed by atoms with Gasteiger partial charge in [-0.25, -0.2) is 4.98 Å². The molecule has 0 atom stereocenters. The van der Waals surface area contributed by atoms with Gasteiger partial charge in [0, 0.05) is 35.0 Å². The second kappa shape index (κ2) is 8.17. The molecule has 0 saturated heterocycles. The molecule has 0 unspecified atom stereocenters. The quantitative estimate of drug-likeness (QED) is 0.492. The van der Waals surface area contributed by atoms with E-state index in [0.717, 1.165) is 0 Å². The van der Waals surface area contributed by atoms with Crippen LogP contribution < -0.4 is 21.2 Å². The highest BCUT2D eigenvalue weighted by Crippen LogP contribution is 2.24. The highest BCUT2D eigenvalue weighted by molar-refractivity contribution is 5.82. The summed E-state index contributed by atoms with van der Waals surface area (Å²) in [7, 11) is 1.50. The van der Waals surface area contributed by atoms with Gasteiger partial charge in [0.05, 0.1) is 12.8 Å². The normalized spacial score (nSPS) is 11.5. The van der Waals surface area contributed by atoms with E-state index in [9.17, 15) is 22.8 Å². The molecule has 164 valence electrons. The maximum absolute atomic E-state index is 13.4. The fourth-order valence-electron chi connectivity index (χ4n) is 3.12. The number of alkyl halides is 3. The lowest BCUT2D eigenvalue weighted by atomic mass is 10.1. The molecule has 8 nitrogen and oxygen atoms in total. The molecule has 0 amide bonds. The Morgan fingerprint density at radius 2 is 1.88 bits per heavy atom. The summed E-state index contributed by atoms with van der Waals surface area (Å²) >= 11 is 0. The van der Waals surface area contributed by atoms with E-state index in [4.69, 9.17) is 4.74 Å². The Balaban J connectivity index is 1.94. The Bertz CT molecular complexity index is 1370. The van der Waals surface area contributed by atoms with Crippen molar-refractivity contribution in [3.63, 3.8) is 0 Å². The SMILES string of the molecule is COc1ccc(-n2c(=O)c(-c3ccc(=O)[nH]c3)cc3cnc(NCC(F)(F)F)nc32)cc1. The smallest absolute Gasteiger partial charge is 0.405 e. The lowest BCUT2D eigenvalue weighted by Gasteiger charge is -2.14. The Morgan fingerprint density at radius 3 is 2.50 bits per heavy atom. The summed E-state index contributed by atoms with van der Waals surface area (Å²) in [6, 6.07) is 10.9. The van der Waals surface area contributed by atoms with Crippen LogP contribution in [0.4, 0.5) is 19.1 Å². The molecule has 11 heteroatoms. The minimum absolute atomic E-state index is 0.119. The van der Waals surface area contributed by atoms with Gasteiger partial charge < -0.3 is 15.0 Å². The first-order valence-corrected chi connectivity index (χ1v) is 9.32. The molecule has 0 bridgehead atoms. The molecule has 2 N–H and O–H groups in total. The van der Waals surface area contributed by atoms with Crippen molar-refractivity contribution in [3.05, 3.63) is 75.6 Å². The third kappa shape index (κ3) is 4.31. The molecular formula is C21H16F3N5O3. The zero-order chi connectivity index (χ0) is 22.9. The number of ether oxygens (including phenoxy) is 1. The van der Waals surface area contributed by atoms with Crippen LogP contribution in [0.5, 0.6) is 5.75 Å². The number of benzene rings is 1. The topological polar surface area (TPSA) is 102 Å². The van der Waals surface area contributed by atoms with Crippen LogP contribution in [-0.2, 0) is 0 Å². The number of hydrogen-bond donors (Lipinski definition) is 2. The summed E-state index contributed by atoms with van der Waals surface area (Å²) < 4.78 is 44.2. The Hall–Kier alpha value is -4.15. The number of aromatic amines is 1. The number of halogens is 3. The fraction of sp³-hybridized carbons (Fsp3) is 0.143. The number of nitrogens with zero attached hydrogens (tertiary/aromatic N) is 3. The lowest BCUT2D eigenvalue weighted by Crippen LogP contribution is -2.24. The van der Waals surface area contributed by atoms with Crippen molar-refractivity contribution in [2.75, 3.05) is 19.0 Å². The molecule has 0 spiro atoms. The highest BCUT2D eigenvalue weighted by atomic mass is 19.4. The zero-order valence-electron chi connectivity index (χ0n) is 16.6. The molecule has 0 fully saturated rings. The molecule has 4 aromatic rings. The first-order chi connectivity index (χ1) is 15.2. The van der Waals surface area contributed by atoms with E-state index in [0.29, 0.717) is 22.4 Å². The van der Waals surface area contributed by atoms with Gasteiger partial charge in [-0.05, 0) is 36.4 Å². The largest absolute Gasteiger partial charge is 0.497 e. The molecule has 3 heterocycles. The molecule has 0 aliphatic carbocycles. The predicted molar refractivity (Wildman–Crippen MR) is 112 cm³/mol. The molecule has 0 saturated carbocycles. The summed E-state index contributed by atoms with van der Waals surface area (Å²) in [4.78, 5) is 35.5. The van der Waals surface area contributed by atoms with Gasteiger partial charge in [0.1, 0.15) is 12.3 Å². The van der Waals surface area contributed by atoms with Crippen molar-refractivity contribution in [3.8, 4) is 22.6 Å². The minimum atomic E-state index is -4.46. The molecule has 4 rings (SSSR count). The Kier molecular flexibility index (Phi) is 5.39. The van der Waals surface area contributed by atoms with Crippen LogP contribution in [0.1, 0.15) is 0 Å². The van der Waals surface area contributed by atoms with Crippen LogP contribution in [0, 0.1) is 0 Å². The van der Waals surface area contributed by atoms with Crippen molar-refractivity contribution in [1.82, 2.24) is 19.5 Å². The zero-order valence-corrected chi connectivity index (χ0v) is 16.6. The summed E-state index contributed by atoms with van der Waals surface area (Å²) in [6.07, 6.45) is -1.72. The number of fused-ring (bicyclic) bond motifs is 1. The number of nitrogens with one attached hydrogen (secondary N) is 2. The standard InChI is InChI=1S/C21H16F3N5O3/c1-32-15-5-3-14(4-6-15)29-18-13(10-26-20(28-18)27-11-21(22,23)24)8-16(19(29)31)12-2-7-17(30)25-9-12/h2-10H,11H2,1H3,(H,25,30)(H,26,27,28). The van der Waals surface area contributed by atoms with Crippen LogP contribution in [0.25, 0.3) is 27.8 Å². The average molecular weight is 443 g/mol. The lowest BCUT2D eigenvalue weighted by molar-refractivity contribution is -0.115. The van der Waals surface area contributed by atoms with Gasteiger partial charge in [-0.2, -0.15) is 18.2 Å². The Labute approximate surface area is 178 Å². The number of rotatable bonds is 5. The summed E-state index contributed by atoms with van der Waals surface area (Å²) in [6.45, 7) is -1.32. The van der Waals surface area contributed by atoms with E-state index in [-0.39, 0.29) is 22.7 Å². The number of hydrogen-bond acceptors (Lipinski definition) is 6. The molecule has 1 aromatic carbocycles. The van der Waals surface area contributed by atoms with Crippen LogP contribution in [0.3, 0.4) is 0 Å². The van der Waals surface area contributed by atoms with Gasteiger partial charge in [-0.15, -0.1) is 0 Å². The van der Waals surface area contributed by atoms with Crippen LogP contribution in [0.15, 0.2) is 64.4 Å². The second-order valence-electron chi connectivity index (χ2n) is 6.78. The number of anilines is 1. The number of H-pyrrole nitrogens is 1. The van der Waals surface area contributed by atoms with Crippen LogP contribution in [0.2, 0.25) is 0 Å². The molecule has 3 aromatic heterocycles. The number of pyridine rings is 2. The third-order valence-electron chi connectivity index (χ3n) is 4.61. The second-order valence-corrected chi connectivity index (χ2v) is 6.78. The van der Waals surface area contributed by atoms with Gasteiger partial charge in [-0.3, -0.25) is 14.2 Å². The van der Waals surface area contributed by atoms with Crippen molar-refractivity contribution >= 4 is 17.0 Å². The van der Waals surface area contributed by atoms with Crippen molar-refractivity contribution in [1.29, 1.82) is 0 Å². The van der Waals surface area contributed by atoms with Crippen molar-refractivity contribution < 1.29 is 17.9 Å². The molecule has 0 radical (unpaired) electrons. The fourth-order valence-corrected chi connectivity index (χ4v) is 3.12. The van der Waals surface area contributed by atoms with E-state index >= 15 is 0 Å². The summed E-state index contributed by atoms with van der Waals surface area (Å²) in [5.41, 5.74) is 0.451. The summed E-state index contributed by atoms with van der Waals surface area (Å²) in [5, 5.41) is 2.54. The highest BCUT2D eigenvalue weighted by Gasteiger charge is 2.27. The van der Waals surface area contributed by atoms with E-state index < -0.39 is 18.3 Å². The molecule has 0 aliphatic heterocycles. The van der Waals surface area contributed by atoms with Gasteiger partial charge in [0.25, 0.3) is 5.56 Å².